The Morgan fingerprint density at radius 1 is 1.29 bits per heavy atom. The third kappa shape index (κ3) is 4.96. The fourth-order valence-electron chi connectivity index (χ4n) is 1.69. The number of nitro benzene ring substituents is 1. The quantitative estimate of drug-likeness (QED) is 0.309. The third-order valence-electron chi connectivity index (χ3n) is 2.73. The molecule has 0 aliphatic heterocycles. The van der Waals surface area contributed by atoms with Crippen molar-refractivity contribution in [1.82, 2.24) is 0 Å². The molecule has 0 aromatic heterocycles. The lowest BCUT2D eigenvalue weighted by atomic mass is 10.2. The molecule has 116 valence electrons. The molecule has 0 fully saturated rings. The molecule has 1 N–H and O–H groups in total. The topological polar surface area (TPSA) is 82.9 Å². The average molecular weight is 296 g/mol. The molecule has 0 heterocycles. The van der Waals surface area contributed by atoms with Crippen LogP contribution >= 0.6 is 0 Å². The standard InChI is InChI=1S/C14H20N2O5/c1-4-5-7-21-8-6-15-11-9-13(19-2)14(20-3)10-12(11)16(17)18/h4,9-10,15H,1,5-8H2,2-3H3. The molecule has 7 heteroatoms. The highest BCUT2D eigenvalue weighted by atomic mass is 16.6. The van der Waals surface area contributed by atoms with E-state index < -0.39 is 4.92 Å². The molecular formula is C14H20N2O5. The van der Waals surface area contributed by atoms with Crippen molar-refractivity contribution >= 4 is 11.4 Å². The summed E-state index contributed by atoms with van der Waals surface area (Å²) in [6.45, 7) is 5.07. The summed E-state index contributed by atoms with van der Waals surface area (Å²) >= 11 is 0. The first kappa shape index (κ1) is 16.8. The number of nitrogens with one attached hydrogen (secondary N) is 1. The van der Waals surface area contributed by atoms with Gasteiger partial charge in [0.25, 0.3) is 5.69 Å². The predicted molar refractivity (Wildman–Crippen MR) is 80.3 cm³/mol. The van der Waals surface area contributed by atoms with Crippen LogP contribution in [0.2, 0.25) is 0 Å². The number of benzene rings is 1. The number of nitro groups is 1. The van der Waals surface area contributed by atoms with Crippen LogP contribution in [0.15, 0.2) is 24.8 Å². The number of hydrogen-bond donors (Lipinski definition) is 1. The van der Waals surface area contributed by atoms with E-state index in [-0.39, 0.29) is 5.69 Å². The molecule has 1 aromatic carbocycles. The maximum Gasteiger partial charge on any atom is 0.296 e. The molecule has 0 spiro atoms. The van der Waals surface area contributed by atoms with E-state index in [1.807, 2.05) is 0 Å². The van der Waals surface area contributed by atoms with E-state index >= 15 is 0 Å². The Hall–Kier alpha value is -2.28. The van der Waals surface area contributed by atoms with Gasteiger partial charge in [0, 0.05) is 12.6 Å². The van der Waals surface area contributed by atoms with Crippen LogP contribution in [0.1, 0.15) is 6.42 Å². The molecule has 1 aromatic rings. The van der Waals surface area contributed by atoms with Crippen molar-refractivity contribution < 1.29 is 19.1 Å². The van der Waals surface area contributed by atoms with Crippen molar-refractivity contribution in [3.05, 3.63) is 34.9 Å². The summed E-state index contributed by atoms with van der Waals surface area (Å²) < 4.78 is 15.5. The minimum atomic E-state index is -0.469. The highest BCUT2D eigenvalue weighted by Crippen LogP contribution is 2.37. The van der Waals surface area contributed by atoms with Gasteiger partial charge in [0.2, 0.25) is 0 Å². The third-order valence-corrected chi connectivity index (χ3v) is 2.73. The summed E-state index contributed by atoms with van der Waals surface area (Å²) in [5, 5.41) is 14.1. The van der Waals surface area contributed by atoms with Crippen LogP contribution in [0.5, 0.6) is 11.5 Å². The molecule has 7 nitrogen and oxygen atoms in total. The van der Waals surface area contributed by atoms with Gasteiger partial charge in [-0.1, -0.05) is 6.08 Å². The van der Waals surface area contributed by atoms with Crippen molar-refractivity contribution in [3.8, 4) is 11.5 Å². The van der Waals surface area contributed by atoms with Gasteiger partial charge in [-0.25, -0.2) is 0 Å². The molecule has 0 unspecified atom stereocenters. The van der Waals surface area contributed by atoms with E-state index in [1.165, 1.54) is 20.3 Å². The van der Waals surface area contributed by atoms with Gasteiger partial charge >= 0.3 is 0 Å². The van der Waals surface area contributed by atoms with Gasteiger partial charge in [-0.05, 0) is 6.42 Å². The molecule has 0 aliphatic rings. The van der Waals surface area contributed by atoms with E-state index in [1.54, 1.807) is 12.1 Å². The van der Waals surface area contributed by atoms with Crippen LogP contribution < -0.4 is 14.8 Å². The zero-order chi connectivity index (χ0) is 15.7. The molecule has 0 saturated heterocycles. The first-order valence-corrected chi connectivity index (χ1v) is 6.47. The first-order chi connectivity index (χ1) is 10.1. The van der Waals surface area contributed by atoms with Crippen LogP contribution in [0.4, 0.5) is 11.4 Å². The van der Waals surface area contributed by atoms with Gasteiger partial charge in [0.05, 0.1) is 38.4 Å². The Balaban J connectivity index is 2.74. The van der Waals surface area contributed by atoms with Gasteiger partial charge in [-0.2, -0.15) is 0 Å². The second kappa shape index (κ2) is 8.80. The molecule has 0 bridgehead atoms. The van der Waals surface area contributed by atoms with Gasteiger partial charge < -0.3 is 19.5 Å². The number of hydrogen-bond acceptors (Lipinski definition) is 6. The fourth-order valence-corrected chi connectivity index (χ4v) is 1.69. The molecular weight excluding hydrogens is 276 g/mol. The SMILES string of the molecule is C=CCCOCCNc1cc(OC)c(OC)cc1[N+](=O)[O-]. The molecule has 0 saturated carbocycles. The number of anilines is 1. The van der Waals surface area contributed by atoms with Crippen LogP contribution in [0.3, 0.4) is 0 Å². The minimum Gasteiger partial charge on any atom is -0.493 e. The lowest BCUT2D eigenvalue weighted by Gasteiger charge is -2.12. The first-order valence-electron chi connectivity index (χ1n) is 6.47. The van der Waals surface area contributed by atoms with Crippen LogP contribution in [-0.4, -0.2) is 38.9 Å². The van der Waals surface area contributed by atoms with E-state index in [0.29, 0.717) is 36.9 Å². The van der Waals surface area contributed by atoms with E-state index in [0.717, 1.165) is 6.42 Å². The van der Waals surface area contributed by atoms with Gasteiger partial charge in [0.1, 0.15) is 5.69 Å². The average Bonchev–Trinajstić information content (AvgIpc) is 2.49. The maximum atomic E-state index is 11.1. The number of nitrogens with zero attached hydrogens (tertiary/aromatic N) is 1. The molecule has 0 radical (unpaired) electrons. The Kier molecular flexibility index (Phi) is 7.03. The lowest BCUT2D eigenvalue weighted by Crippen LogP contribution is -2.11. The number of rotatable bonds is 10. The van der Waals surface area contributed by atoms with E-state index in [4.69, 9.17) is 14.2 Å². The van der Waals surface area contributed by atoms with Crippen molar-refractivity contribution in [2.24, 2.45) is 0 Å². The summed E-state index contributed by atoms with van der Waals surface area (Å²) in [6.07, 6.45) is 2.54. The van der Waals surface area contributed by atoms with Gasteiger partial charge in [0.15, 0.2) is 11.5 Å². The Morgan fingerprint density at radius 3 is 2.52 bits per heavy atom. The van der Waals surface area contributed by atoms with E-state index in [2.05, 4.69) is 11.9 Å². The summed E-state index contributed by atoms with van der Waals surface area (Å²) in [4.78, 5) is 10.6. The summed E-state index contributed by atoms with van der Waals surface area (Å²) in [6, 6.07) is 2.88. The monoisotopic (exact) mass is 296 g/mol. The van der Waals surface area contributed by atoms with Crippen LogP contribution in [0, 0.1) is 10.1 Å². The maximum absolute atomic E-state index is 11.1. The zero-order valence-corrected chi connectivity index (χ0v) is 12.3. The number of methoxy groups -OCH3 is 2. The van der Waals surface area contributed by atoms with Crippen molar-refractivity contribution in [1.29, 1.82) is 0 Å². The van der Waals surface area contributed by atoms with Crippen molar-refractivity contribution in [2.75, 3.05) is 39.3 Å². The second-order valence-corrected chi connectivity index (χ2v) is 4.10. The molecule has 0 aliphatic carbocycles. The van der Waals surface area contributed by atoms with Crippen LogP contribution in [-0.2, 0) is 4.74 Å². The largest absolute Gasteiger partial charge is 0.493 e. The zero-order valence-electron chi connectivity index (χ0n) is 12.3. The Morgan fingerprint density at radius 2 is 1.95 bits per heavy atom. The Bertz CT molecular complexity index is 490. The molecule has 0 atom stereocenters. The Labute approximate surface area is 123 Å². The minimum absolute atomic E-state index is 0.0706. The molecule has 0 amide bonds. The summed E-state index contributed by atoms with van der Waals surface area (Å²) in [5.74, 6) is 0.746. The summed E-state index contributed by atoms with van der Waals surface area (Å²) in [7, 11) is 2.91. The van der Waals surface area contributed by atoms with Gasteiger partial charge in [-0.15, -0.1) is 6.58 Å². The molecule has 1 rings (SSSR count). The van der Waals surface area contributed by atoms with Gasteiger partial charge in [-0.3, -0.25) is 10.1 Å². The van der Waals surface area contributed by atoms with Crippen LogP contribution in [0.25, 0.3) is 0 Å². The lowest BCUT2D eigenvalue weighted by molar-refractivity contribution is -0.384. The second-order valence-electron chi connectivity index (χ2n) is 4.10. The van der Waals surface area contributed by atoms with Crippen molar-refractivity contribution in [3.63, 3.8) is 0 Å². The van der Waals surface area contributed by atoms with Crippen molar-refractivity contribution in [2.45, 2.75) is 6.42 Å². The summed E-state index contributed by atoms with van der Waals surface area (Å²) in [5.41, 5.74) is 0.295. The smallest absolute Gasteiger partial charge is 0.296 e. The fraction of sp³-hybridized carbons (Fsp3) is 0.429. The highest BCUT2D eigenvalue weighted by Gasteiger charge is 2.19. The highest BCUT2D eigenvalue weighted by molar-refractivity contribution is 5.68. The normalized spacial score (nSPS) is 10.0. The number of ether oxygens (including phenoxy) is 3. The van der Waals surface area contributed by atoms with E-state index in [9.17, 15) is 10.1 Å². The molecule has 21 heavy (non-hydrogen) atoms. The predicted octanol–water partition coefficient (Wildman–Crippen LogP) is 2.62.